The maximum absolute atomic E-state index is 6.20. The van der Waals surface area contributed by atoms with E-state index < -0.39 is 0 Å². The van der Waals surface area contributed by atoms with Crippen molar-refractivity contribution in [3.8, 4) is 5.75 Å². The second-order valence-corrected chi connectivity index (χ2v) is 7.29. The Morgan fingerprint density at radius 3 is 2.42 bits per heavy atom. The second kappa shape index (κ2) is 7.33. The van der Waals surface area contributed by atoms with Crippen LogP contribution in [0.5, 0.6) is 5.75 Å². The van der Waals surface area contributed by atoms with Crippen molar-refractivity contribution >= 4 is 43.5 Å². The van der Waals surface area contributed by atoms with Crippen molar-refractivity contribution in [3.05, 3.63) is 27.7 Å². The van der Waals surface area contributed by atoms with Gasteiger partial charge in [-0.05, 0) is 31.0 Å². The van der Waals surface area contributed by atoms with Gasteiger partial charge in [-0.3, -0.25) is 0 Å². The van der Waals surface area contributed by atoms with E-state index in [4.69, 9.17) is 16.3 Å². The van der Waals surface area contributed by atoms with Crippen LogP contribution >= 0.6 is 43.5 Å². The number of ether oxygens (including phenoxy) is 1. The molecule has 1 saturated carbocycles. The molecule has 4 heteroatoms. The SMILES string of the molecule is Clc1cc(Br)ccc1OCC1(CBr)CCCCCC1. The van der Waals surface area contributed by atoms with Gasteiger partial charge in [-0.1, -0.05) is 69.1 Å². The van der Waals surface area contributed by atoms with Crippen LogP contribution in [-0.4, -0.2) is 11.9 Å². The lowest BCUT2D eigenvalue weighted by Gasteiger charge is -2.30. The Balaban J connectivity index is 2.02. The molecule has 0 amide bonds. The van der Waals surface area contributed by atoms with Crippen LogP contribution in [0.15, 0.2) is 22.7 Å². The molecule has 1 aromatic carbocycles. The number of rotatable bonds is 4. The molecule has 0 saturated heterocycles. The third-order valence-electron chi connectivity index (χ3n) is 3.88. The summed E-state index contributed by atoms with van der Waals surface area (Å²) in [5.74, 6) is 0.787. The average Bonchev–Trinajstić information content (AvgIpc) is 2.64. The minimum atomic E-state index is 0.271. The highest BCUT2D eigenvalue weighted by Gasteiger charge is 2.31. The predicted octanol–water partition coefficient (Wildman–Crippen LogP) is 6.22. The summed E-state index contributed by atoms with van der Waals surface area (Å²) >= 11 is 13.3. The number of halogens is 3. The van der Waals surface area contributed by atoms with Gasteiger partial charge in [-0.2, -0.15) is 0 Å². The Morgan fingerprint density at radius 1 is 1.16 bits per heavy atom. The highest BCUT2D eigenvalue weighted by molar-refractivity contribution is 9.10. The van der Waals surface area contributed by atoms with Crippen LogP contribution in [0, 0.1) is 5.41 Å². The van der Waals surface area contributed by atoms with Crippen molar-refractivity contribution in [1.82, 2.24) is 0 Å². The van der Waals surface area contributed by atoms with Crippen molar-refractivity contribution in [2.24, 2.45) is 5.41 Å². The number of benzene rings is 1. The van der Waals surface area contributed by atoms with Crippen molar-refractivity contribution in [2.75, 3.05) is 11.9 Å². The number of alkyl halides is 1. The summed E-state index contributed by atoms with van der Waals surface area (Å²) < 4.78 is 6.98. The third kappa shape index (κ3) is 4.37. The highest BCUT2D eigenvalue weighted by Crippen LogP contribution is 2.38. The molecule has 0 aliphatic heterocycles. The molecule has 1 aromatic rings. The van der Waals surface area contributed by atoms with Crippen LogP contribution in [0.3, 0.4) is 0 Å². The average molecular weight is 411 g/mol. The Bertz CT molecular complexity index is 415. The number of hydrogen-bond acceptors (Lipinski definition) is 1. The van der Waals surface area contributed by atoms with Crippen LogP contribution in [0.1, 0.15) is 38.5 Å². The minimum Gasteiger partial charge on any atom is -0.491 e. The Kier molecular flexibility index (Phi) is 6.04. The van der Waals surface area contributed by atoms with E-state index in [-0.39, 0.29) is 5.41 Å². The largest absolute Gasteiger partial charge is 0.491 e. The fraction of sp³-hybridized carbons (Fsp3) is 0.600. The van der Waals surface area contributed by atoms with E-state index in [9.17, 15) is 0 Å². The van der Waals surface area contributed by atoms with E-state index in [0.29, 0.717) is 5.02 Å². The normalized spacial score (nSPS) is 18.9. The van der Waals surface area contributed by atoms with Gasteiger partial charge in [0.1, 0.15) is 5.75 Å². The first kappa shape index (κ1) is 15.7. The summed E-state index contributed by atoms with van der Waals surface area (Å²) in [7, 11) is 0. The van der Waals surface area contributed by atoms with Gasteiger partial charge in [0.2, 0.25) is 0 Å². The molecule has 0 bridgehead atoms. The summed E-state index contributed by atoms with van der Waals surface area (Å²) in [6.07, 6.45) is 7.81. The van der Waals surface area contributed by atoms with Crippen molar-refractivity contribution in [1.29, 1.82) is 0 Å². The zero-order valence-electron chi connectivity index (χ0n) is 10.9. The molecule has 1 aliphatic rings. The van der Waals surface area contributed by atoms with Crippen molar-refractivity contribution in [3.63, 3.8) is 0 Å². The Hall–Kier alpha value is 0.270. The van der Waals surface area contributed by atoms with E-state index in [2.05, 4.69) is 31.9 Å². The van der Waals surface area contributed by atoms with Crippen LogP contribution in [0.4, 0.5) is 0 Å². The zero-order chi connectivity index (χ0) is 13.7. The van der Waals surface area contributed by atoms with E-state index in [1.807, 2.05) is 18.2 Å². The molecule has 1 nitrogen and oxygen atoms in total. The Morgan fingerprint density at radius 2 is 1.84 bits per heavy atom. The molecule has 106 valence electrons. The maximum atomic E-state index is 6.20. The maximum Gasteiger partial charge on any atom is 0.137 e. The van der Waals surface area contributed by atoms with Gasteiger partial charge in [0.25, 0.3) is 0 Å². The molecule has 1 aliphatic carbocycles. The zero-order valence-corrected chi connectivity index (χ0v) is 14.9. The second-order valence-electron chi connectivity index (χ2n) is 5.41. The van der Waals surface area contributed by atoms with Crippen LogP contribution in [0.2, 0.25) is 5.02 Å². The third-order valence-corrected chi connectivity index (χ3v) is 5.85. The summed E-state index contributed by atoms with van der Waals surface area (Å²) in [5.41, 5.74) is 0.271. The summed E-state index contributed by atoms with van der Waals surface area (Å²) in [4.78, 5) is 0. The molecular formula is C15H19Br2ClO. The lowest BCUT2D eigenvalue weighted by atomic mass is 9.83. The molecule has 0 N–H and O–H groups in total. The van der Waals surface area contributed by atoms with Crippen molar-refractivity contribution < 1.29 is 4.74 Å². The molecular weight excluding hydrogens is 391 g/mol. The van der Waals surface area contributed by atoms with E-state index in [1.165, 1.54) is 38.5 Å². The predicted molar refractivity (Wildman–Crippen MR) is 88.6 cm³/mol. The molecule has 1 fully saturated rings. The molecule has 0 unspecified atom stereocenters. The summed E-state index contributed by atoms with van der Waals surface area (Å²) in [5, 5.41) is 1.68. The lowest BCUT2D eigenvalue weighted by molar-refractivity contribution is 0.149. The summed E-state index contributed by atoms with van der Waals surface area (Å²) in [6, 6.07) is 5.78. The van der Waals surface area contributed by atoms with Gasteiger partial charge in [0.05, 0.1) is 11.6 Å². The lowest BCUT2D eigenvalue weighted by Crippen LogP contribution is -2.30. The van der Waals surface area contributed by atoms with E-state index in [0.717, 1.165) is 22.2 Å². The first-order chi connectivity index (χ1) is 9.15. The smallest absolute Gasteiger partial charge is 0.137 e. The molecule has 19 heavy (non-hydrogen) atoms. The Labute approximate surface area is 137 Å². The standard InChI is InChI=1S/C15H19Br2ClO/c16-10-15(7-3-1-2-4-8-15)11-19-14-6-5-12(17)9-13(14)18/h5-6,9H,1-4,7-8,10-11H2. The van der Waals surface area contributed by atoms with Crippen molar-refractivity contribution in [2.45, 2.75) is 38.5 Å². The molecule has 0 atom stereocenters. The topological polar surface area (TPSA) is 9.23 Å². The first-order valence-corrected chi connectivity index (χ1v) is 9.08. The fourth-order valence-corrected chi connectivity index (χ4v) is 4.07. The van der Waals surface area contributed by atoms with Crippen LogP contribution in [0.25, 0.3) is 0 Å². The first-order valence-electron chi connectivity index (χ1n) is 6.79. The molecule has 0 radical (unpaired) electrons. The van der Waals surface area contributed by atoms with Gasteiger partial charge in [-0.25, -0.2) is 0 Å². The molecule has 0 aromatic heterocycles. The van der Waals surface area contributed by atoms with Gasteiger partial charge in [0.15, 0.2) is 0 Å². The minimum absolute atomic E-state index is 0.271. The summed E-state index contributed by atoms with van der Waals surface area (Å²) in [6.45, 7) is 0.750. The van der Waals surface area contributed by atoms with Gasteiger partial charge in [0, 0.05) is 15.2 Å². The van der Waals surface area contributed by atoms with Gasteiger partial charge >= 0.3 is 0 Å². The van der Waals surface area contributed by atoms with Gasteiger partial charge < -0.3 is 4.74 Å². The number of hydrogen-bond donors (Lipinski definition) is 0. The van der Waals surface area contributed by atoms with E-state index in [1.54, 1.807) is 0 Å². The molecule has 0 spiro atoms. The fourth-order valence-electron chi connectivity index (χ4n) is 2.62. The molecule has 2 rings (SSSR count). The van der Waals surface area contributed by atoms with Crippen LogP contribution in [-0.2, 0) is 0 Å². The van der Waals surface area contributed by atoms with Crippen LogP contribution < -0.4 is 4.74 Å². The molecule has 0 heterocycles. The highest BCUT2D eigenvalue weighted by atomic mass is 79.9. The quantitative estimate of drug-likeness (QED) is 0.423. The van der Waals surface area contributed by atoms with Gasteiger partial charge in [-0.15, -0.1) is 0 Å². The van der Waals surface area contributed by atoms with E-state index >= 15 is 0 Å². The monoisotopic (exact) mass is 408 g/mol.